The van der Waals surface area contributed by atoms with E-state index < -0.39 is 0 Å². The fraction of sp³-hybridized carbons (Fsp3) is 0.667. The van der Waals surface area contributed by atoms with Gasteiger partial charge < -0.3 is 10.6 Å². The predicted molar refractivity (Wildman–Crippen MR) is 109 cm³/mol. The smallest absolute Gasteiger partial charge is 0.191 e. The Kier molecular flexibility index (Phi) is 8.87. The van der Waals surface area contributed by atoms with E-state index in [1.54, 1.807) is 0 Å². The molecule has 1 heterocycles. The molecule has 1 saturated carbocycles. The van der Waals surface area contributed by atoms with E-state index in [0.717, 1.165) is 25.5 Å². The number of aliphatic imine (C=N–C) groups is 1. The van der Waals surface area contributed by atoms with Gasteiger partial charge in [-0.05, 0) is 55.2 Å². The maximum absolute atomic E-state index is 4.35. The number of hydrogen-bond acceptors (Lipinski definition) is 2. The van der Waals surface area contributed by atoms with Gasteiger partial charge in [0, 0.05) is 32.5 Å². The van der Waals surface area contributed by atoms with Crippen molar-refractivity contribution in [2.24, 2.45) is 10.4 Å². The lowest BCUT2D eigenvalue weighted by atomic mass is 9.83. The van der Waals surface area contributed by atoms with Crippen LogP contribution >= 0.6 is 24.0 Å². The predicted octanol–water partition coefficient (Wildman–Crippen LogP) is 3.69. The molecule has 1 aliphatic rings. The van der Waals surface area contributed by atoms with Gasteiger partial charge in [0.2, 0.25) is 0 Å². The second-order valence-corrected chi connectivity index (χ2v) is 6.47. The third kappa shape index (κ3) is 5.94. The molecule has 23 heavy (non-hydrogen) atoms. The Labute approximate surface area is 158 Å². The molecule has 0 aromatic carbocycles. The third-order valence-corrected chi connectivity index (χ3v) is 5.09. The van der Waals surface area contributed by atoms with Crippen LogP contribution in [0.4, 0.5) is 0 Å². The molecule has 0 bridgehead atoms. The molecule has 1 aromatic heterocycles. The molecule has 1 aromatic rings. The number of aryl methyl sites for hydroxylation is 1. The van der Waals surface area contributed by atoms with Gasteiger partial charge in [-0.15, -0.1) is 24.0 Å². The lowest BCUT2D eigenvalue weighted by Crippen LogP contribution is -2.43. The van der Waals surface area contributed by atoms with Crippen molar-refractivity contribution >= 4 is 29.9 Å². The summed E-state index contributed by atoms with van der Waals surface area (Å²) in [6.07, 6.45) is 11.5. The molecule has 0 saturated heterocycles. The number of nitrogens with one attached hydrogen (secondary N) is 2. The zero-order valence-corrected chi connectivity index (χ0v) is 17.0. The minimum absolute atomic E-state index is 0. The van der Waals surface area contributed by atoms with Gasteiger partial charge in [0.05, 0.1) is 0 Å². The van der Waals surface area contributed by atoms with Crippen molar-refractivity contribution in [2.75, 3.05) is 20.1 Å². The van der Waals surface area contributed by atoms with Crippen LogP contribution in [0.1, 0.15) is 50.2 Å². The highest BCUT2D eigenvalue weighted by Gasteiger charge is 2.31. The number of halogens is 1. The van der Waals surface area contributed by atoms with E-state index in [2.05, 4.69) is 40.5 Å². The minimum Gasteiger partial charge on any atom is -0.356 e. The van der Waals surface area contributed by atoms with Crippen LogP contribution in [0.3, 0.4) is 0 Å². The summed E-state index contributed by atoms with van der Waals surface area (Å²) in [5.41, 5.74) is 3.08. The number of rotatable bonds is 6. The topological polar surface area (TPSA) is 49.3 Å². The molecule has 4 nitrogen and oxygen atoms in total. The quantitative estimate of drug-likeness (QED) is 0.411. The first-order valence-corrected chi connectivity index (χ1v) is 8.53. The lowest BCUT2D eigenvalue weighted by Gasteiger charge is -2.28. The van der Waals surface area contributed by atoms with Crippen molar-refractivity contribution in [3.05, 3.63) is 29.6 Å². The highest BCUT2D eigenvalue weighted by molar-refractivity contribution is 14.0. The number of hydrogen-bond donors (Lipinski definition) is 2. The van der Waals surface area contributed by atoms with Gasteiger partial charge >= 0.3 is 0 Å². The van der Waals surface area contributed by atoms with Gasteiger partial charge in [-0.25, -0.2) is 0 Å². The monoisotopic (exact) mass is 430 g/mol. The Morgan fingerprint density at radius 2 is 2.04 bits per heavy atom. The Bertz CT molecular complexity index is 496. The summed E-state index contributed by atoms with van der Waals surface area (Å²) in [7, 11) is 1.85. The number of pyridine rings is 1. The fourth-order valence-electron chi connectivity index (χ4n) is 3.37. The molecule has 1 aliphatic carbocycles. The summed E-state index contributed by atoms with van der Waals surface area (Å²) < 4.78 is 0. The van der Waals surface area contributed by atoms with Gasteiger partial charge in [0.1, 0.15) is 0 Å². The summed E-state index contributed by atoms with van der Waals surface area (Å²) in [5.74, 6) is 0.923. The first kappa shape index (κ1) is 20.2. The highest BCUT2D eigenvalue weighted by Crippen LogP contribution is 2.40. The van der Waals surface area contributed by atoms with Crippen LogP contribution < -0.4 is 10.6 Å². The molecule has 0 amide bonds. The molecule has 0 aliphatic heterocycles. The Morgan fingerprint density at radius 3 is 2.65 bits per heavy atom. The molecule has 0 spiro atoms. The van der Waals surface area contributed by atoms with Crippen LogP contribution in [0, 0.1) is 12.3 Å². The zero-order chi connectivity index (χ0) is 15.8. The van der Waals surface area contributed by atoms with E-state index in [-0.39, 0.29) is 24.0 Å². The highest BCUT2D eigenvalue weighted by atomic mass is 127. The molecular formula is C18H31IN4. The van der Waals surface area contributed by atoms with Crippen LogP contribution in [-0.4, -0.2) is 31.1 Å². The second-order valence-electron chi connectivity index (χ2n) is 6.47. The van der Waals surface area contributed by atoms with E-state index in [0.29, 0.717) is 5.41 Å². The lowest BCUT2D eigenvalue weighted by molar-refractivity contribution is 0.283. The zero-order valence-electron chi connectivity index (χ0n) is 14.7. The second kappa shape index (κ2) is 10.1. The molecule has 0 radical (unpaired) electrons. The van der Waals surface area contributed by atoms with E-state index in [1.807, 2.05) is 19.4 Å². The molecule has 0 unspecified atom stereocenters. The van der Waals surface area contributed by atoms with Crippen LogP contribution in [0.2, 0.25) is 0 Å². The van der Waals surface area contributed by atoms with Crippen molar-refractivity contribution < 1.29 is 0 Å². The SMILES string of the molecule is CCC1(CNC(=NC)NCCc2ccncc2C)CCCC1.I. The van der Waals surface area contributed by atoms with Gasteiger partial charge in [0.25, 0.3) is 0 Å². The molecule has 2 rings (SSSR count). The fourth-order valence-corrected chi connectivity index (χ4v) is 3.37. The summed E-state index contributed by atoms with van der Waals surface area (Å²) in [6, 6.07) is 2.10. The molecular weight excluding hydrogens is 399 g/mol. The maximum atomic E-state index is 4.35. The first-order chi connectivity index (χ1) is 10.7. The molecule has 5 heteroatoms. The largest absolute Gasteiger partial charge is 0.356 e. The standard InChI is InChI=1S/C18H30N4.HI/c1-4-18(9-5-6-10-18)14-22-17(19-3)21-12-8-16-7-11-20-13-15(16)2;/h7,11,13H,4-6,8-10,12,14H2,1-3H3,(H2,19,21,22);1H. The summed E-state index contributed by atoms with van der Waals surface area (Å²) in [6.45, 7) is 6.36. The van der Waals surface area contributed by atoms with E-state index in [1.165, 1.54) is 43.2 Å². The van der Waals surface area contributed by atoms with Crippen LogP contribution in [0.15, 0.2) is 23.5 Å². The van der Waals surface area contributed by atoms with Crippen molar-refractivity contribution in [1.29, 1.82) is 0 Å². The van der Waals surface area contributed by atoms with Crippen LogP contribution in [-0.2, 0) is 6.42 Å². The number of nitrogens with zero attached hydrogens (tertiary/aromatic N) is 2. The Hall–Kier alpha value is -0.850. The van der Waals surface area contributed by atoms with Crippen molar-refractivity contribution in [3.63, 3.8) is 0 Å². The van der Waals surface area contributed by atoms with Gasteiger partial charge in [-0.1, -0.05) is 19.8 Å². The third-order valence-electron chi connectivity index (χ3n) is 5.09. The summed E-state index contributed by atoms with van der Waals surface area (Å²) in [5, 5.41) is 6.96. The molecule has 130 valence electrons. The summed E-state index contributed by atoms with van der Waals surface area (Å²) >= 11 is 0. The van der Waals surface area contributed by atoms with Crippen molar-refractivity contribution in [3.8, 4) is 0 Å². The van der Waals surface area contributed by atoms with Gasteiger partial charge in [-0.3, -0.25) is 9.98 Å². The Morgan fingerprint density at radius 1 is 1.30 bits per heavy atom. The number of aromatic nitrogens is 1. The van der Waals surface area contributed by atoms with Crippen LogP contribution in [0.5, 0.6) is 0 Å². The van der Waals surface area contributed by atoms with Gasteiger partial charge in [0.15, 0.2) is 5.96 Å². The first-order valence-electron chi connectivity index (χ1n) is 8.53. The average molecular weight is 430 g/mol. The number of guanidine groups is 1. The van der Waals surface area contributed by atoms with Crippen molar-refractivity contribution in [1.82, 2.24) is 15.6 Å². The van der Waals surface area contributed by atoms with Crippen molar-refractivity contribution in [2.45, 2.75) is 52.4 Å². The average Bonchev–Trinajstić information content (AvgIpc) is 3.02. The molecule has 0 atom stereocenters. The maximum Gasteiger partial charge on any atom is 0.191 e. The normalized spacial score (nSPS) is 16.7. The van der Waals surface area contributed by atoms with Gasteiger partial charge in [-0.2, -0.15) is 0 Å². The van der Waals surface area contributed by atoms with E-state index in [9.17, 15) is 0 Å². The molecule has 2 N–H and O–H groups in total. The van der Waals surface area contributed by atoms with E-state index in [4.69, 9.17) is 0 Å². The van der Waals surface area contributed by atoms with E-state index >= 15 is 0 Å². The van der Waals surface area contributed by atoms with Crippen LogP contribution in [0.25, 0.3) is 0 Å². The summed E-state index contributed by atoms with van der Waals surface area (Å²) in [4.78, 5) is 8.49. The molecule has 1 fully saturated rings. The Balaban J connectivity index is 0.00000264. The minimum atomic E-state index is 0.